The van der Waals surface area contributed by atoms with Crippen molar-refractivity contribution in [3.63, 3.8) is 0 Å². The Labute approximate surface area is 77.1 Å². The van der Waals surface area contributed by atoms with E-state index < -0.39 is 32.1 Å². The topological polar surface area (TPSA) is 34.1 Å². The van der Waals surface area contributed by atoms with E-state index in [2.05, 4.69) is 0 Å². The molecular formula is C7H4F4O2S. The first kappa shape index (κ1) is 11.0. The van der Waals surface area contributed by atoms with Crippen LogP contribution in [-0.2, 0) is 9.84 Å². The van der Waals surface area contributed by atoms with Gasteiger partial charge in [0.1, 0.15) is 0 Å². The molecule has 1 aromatic rings. The molecule has 0 unspecified atom stereocenters. The minimum absolute atomic E-state index is 0.219. The Balaban J connectivity index is 3.29. The number of halogens is 4. The molecule has 0 N–H and O–H groups in total. The molecular weight excluding hydrogens is 224 g/mol. The van der Waals surface area contributed by atoms with E-state index in [-0.39, 0.29) is 6.07 Å². The van der Waals surface area contributed by atoms with Gasteiger partial charge in [0.2, 0.25) is 9.84 Å². The summed E-state index contributed by atoms with van der Waals surface area (Å²) < 4.78 is 70.2. The minimum atomic E-state index is -4.86. The van der Waals surface area contributed by atoms with Gasteiger partial charge in [-0.05, 0) is 18.2 Å². The van der Waals surface area contributed by atoms with Crippen molar-refractivity contribution >= 4 is 9.84 Å². The van der Waals surface area contributed by atoms with Gasteiger partial charge in [-0.1, -0.05) is 0 Å². The number of hydrogen-bond donors (Lipinski definition) is 0. The maximum atomic E-state index is 12.5. The van der Waals surface area contributed by atoms with Crippen LogP contribution in [0.2, 0.25) is 0 Å². The highest BCUT2D eigenvalue weighted by atomic mass is 32.2. The van der Waals surface area contributed by atoms with Crippen LogP contribution in [0.4, 0.5) is 17.6 Å². The lowest BCUT2D eigenvalue weighted by Gasteiger charge is -2.02. The van der Waals surface area contributed by atoms with E-state index in [4.69, 9.17) is 0 Å². The average Bonchev–Trinajstić information content (AvgIpc) is 2.09. The first-order valence-electron chi connectivity index (χ1n) is 3.33. The first-order chi connectivity index (χ1) is 6.35. The Morgan fingerprint density at radius 3 is 2.07 bits per heavy atom. The third-order valence-corrected chi connectivity index (χ3v) is 2.83. The van der Waals surface area contributed by atoms with Gasteiger partial charge in [-0.2, -0.15) is 8.78 Å². The number of sulfone groups is 1. The van der Waals surface area contributed by atoms with Crippen molar-refractivity contribution in [2.75, 3.05) is 0 Å². The van der Waals surface area contributed by atoms with Gasteiger partial charge in [-0.3, -0.25) is 0 Å². The van der Waals surface area contributed by atoms with Gasteiger partial charge >= 0.3 is 5.76 Å². The van der Waals surface area contributed by atoms with Crippen LogP contribution in [0.25, 0.3) is 0 Å². The largest absolute Gasteiger partial charge is 0.341 e. The van der Waals surface area contributed by atoms with Crippen molar-refractivity contribution in [2.24, 2.45) is 0 Å². The molecule has 0 fully saturated rings. The molecule has 0 aromatic heterocycles. The Kier molecular flexibility index (Phi) is 2.79. The normalized spacial score (nSPS) is 12.1. The van der Waals surface area contributed by atoms with E-state index in [1.165, 1.54) is 0 Å². The van der Waals surface area contributed by atoms with Gasteiger partial charge in [-0.15, -0.1) is 0 Å². The van der Waals surface area contributed by atoms with E-state index in [1.54, 1.807) is 0 Å². The number of rotatable bonds is 2. The molecule has 7 heteroatoms. The SMILES string of the molecule is O=S(=O)(c1ccc(F)c(F)c1)C(F)F. The standard InChI is InChI=1S/C7H4F4O2S/c8-5-2-1-4(3-6(5)9)14(12,13)7(10)11/h1-3,7H. The molecule has 0 aliphatic carbocycles. The second-order valence-electron chi connectivity index (χ2n) is 2.38. The third-order valence-electron chi connectivity index (χ3n) is 1.45. The van der Waals surface area contributed by atoms with Crippen LogP contribution < -0.4 is 0 Å². The molecule has 0 radical (unpaired) electrons. The first-order valence-corrected chi connectivity index (χ1v) is 4.87. The second kappa shape index (κ2) is 3.56. The van der Waals surface area contributed by atoms with Crippen molar-refractivity contribution in [3.05, 3.63) is 29.8 Å². The van der Waals surface area contributed by atoms with Crippen molar-refractivity contribution in [1.82, 2.24) is 0 Å². The Morgan fingerprint density at radius 2 is 1.64 bits per heavy atom. The van der Waals surface area contributed by atoms with Gasteiger partial charge < -0.3 is 0 Å². The third kappa shape index (κ3) is 1.87. The molecule has 0 saturated heterocycles. The van der Waals surface area contributed by atoms with Crippen molar-refractivity contribution in [1.29, 1.82) is 0 Å². The maximum Gasteiger partial charge on any atom is 0.341 e. The molecule has 0 spiro atoms. The van der Waals surface area contributed by atoms with Crippen LogP contribution in [0.1, 0.15) is 0 Å². The number of hydrogen-bond acceptors (Lipinski definition) is 2. The monoisotopic (exact) mass is 228 g/mol. The lowest BCUT2D eigenvalue weighted by atomic mass is 10.3. The van der Waals surface area contributed by atoms with Gasteiger partial charge in [0.25, 0.3) is 0 Å². The average molecular weight is 228 g/mol. The van der Waals surface area contributed by atoms with Crippen LogP contribution in [0.3, 0.4) is 0 Å². The van der Waals surface area contributed by atoms with E-state index >= 15 is 0 Å². The van der Waals surface area contributed by atoms with E-state index in [0.717, 1.165) is 0 Å². The fourth-order valence-electron chi connectivity index (χ4n) is 0.757. The molecule has 0 heterocycles. The summed E-state index contributed by atoms with van der Waals surface area (Å²) in [6.45, 7) is 0. The lowest BCUT2D eigenvalue weighted by molar-refractivity contribution is 0.234. The summed E-state index contributed by atoms with van der Waals surface area (Å²) in [4.78, 5) is -0.939. The highest BCUT2D eigenvalue weighted by molar-refractivity contribution is 7.91. The molecule has 0 atom stereocenters. The molecule has 14 heavy (non-hydrogen) atoms. The summed E-state index contributed by atoms with van der Waals surface area (Å²) in [7, 11) is -4.86. The molecule has 0 saturated carbocycles. The molecule has 0 bridgehead atoms. The van der Waals surface area contributed by atoms with Gasteiger partial charge in [0.15, 0.2) is 11.6 Å². The Bertz CT molecular complexity index is 441. The molecule has 0 amide bonds. The molecule has 1 rings (SSSR count). The zero-order valence-electron chi connectivity index (χ0n) is 6.55. The summed E-state index contributed by atoms with van der Waals surface area (Å²) in [6, 6.07) is 1.28. The van der Waals surface area contributed by atoms with Crippen LogP contribution in [0.15, 0.2) is 23.1 Å². The van der Waals surface area contributed by atoms with Crippen molar-refractivity contribution in [2.45, 2.75) is 10.7 Å². The zero-order chi connectivity index (χ0) is 10.9. The van der Waals surface area contributed by atoms with E-state index in [0.29, 0.717) is 12.1 Å². The predicted octanol–water partition coefficient (Wildman–Crippen LogP) is 1.96. The smallest absolute Gasteiger partial charge is 0.218 e. The molecule has 0 aliphatic rings. The molecule has 2 nitrogen and oxygen atoms in total. The van der Waals surface area contributed by atoms with E-state index in [1.807, 2.05) is 0 Å². The van der Waals surface area contributed by atoms with Gasteiger partial charge in [0, 0.05) is 0 Å². The van der Waals surface area contributed by atoms with Crippen LogP contribution >= 0.6 is 0 Å². The predicted molar refractivity (Wildman–Crippen MR) is 39.5 cm³/mol. The fourth-order valence-corrected chi connectivity index (χ4v) is 1.49. The molecule has 0 aliphatic heterocycles. The second-order valence-corrected chi connectivity index (χ2v) is 4.30. The Morgan fingerprint density at radius 1 is 1.07 bits per heavy atom. The Hall–Kier alpha value is -1.11. The van der Waals surface area contributed by atoms with Crippen molar-refractivity contribution < 1.29 is 26.0 Å². The maximum absolute atomic E-state index is 12.5. The highest BCUT2D eigenvalue weighted by Gasteiger charge is 2.27. The van der Waals surface area contributed by atoms with Crippen molar-refractivity contribution in [3.8, 4) is 0 Å². The summed E-state index contributed by atoms with van der Waals surface area (Å²) >= 11 is 0. The summed E-state index contributed by atoms with van der Waals surface area (Å²) in [5, 5.41) is 0. The summed E-state index contributed by atoms with van der Waals surface area (Å²) in [6.07, 6.45) is 0. The number of benzene rings is 1. The van der Waals surface area contributed by atoms with Crippen LogP contribution in [0, 0.1) is 11.6 Å². The van der Waals surface area contributed by atoms with Crippen LogP contribution in [-0.4, -0.2) is 14.2 Å². The zero-order valence-corrected chi connectivity index (χ0v) is 7.36. The fraction of sp³-hybridized carbons (Fsp3) is 0.143. The highest BCUT2D eigenvalue weighted by Crippen LogP contribution is 2.19. The minimum Gasteiger partial charge on any atom is -0.218 e. The quantitative estimate of drug-likeness (QED) is 0.572. The number of alkyl halides is 2. The van der Waals surface area contributed by atoms with Gasteiger partial charge in [0.05, 0.1) is 4.90 Å². The van der Waals surface area contributed by atoms with Gasteiger partial charge in [-0.25, -0.2) is 17.2 Å². The summed E-state index contributed by atoms with van der Waals surface area (Å²) in [5.74, 6) is -6.42. The summed E-state index contributed by atoms with van der Waals surface area (Å²) in [5.41, 5.74) is 0. The molecule has 1 aromatic carbocycles. The lowest BCUT2D eigenvalue weighted by Crippen LogP contribution is -2.11. The van der Waals surface area contributed by atoms with Crippen LogP contribution in [0.5, 0.6) is 0 Å². The van der Waals surface area contributed by atoms with E-state index in [9.17, 15) is 26.0 Å². The molecule has 78 valence electrons.